The lowest BCUT2D eigenvalue weighted by Gasteiger charge is -2.06. The summed E-state index contributed by atoms with van der Waals surface area (Å²) in [5, 5.41) is 8.78. The van der Waals surface area contributed by atoms with E-state index in [1.807, 2.05) is 24.5 Å². The first-order chi connectivity index (χ1) is 8.61. The number of hydrogen-bond acceptors (Lipinski definition) is 2. The highest BCUT2D eigenvalue weighted by Crippen LogP contribution is 2.27. The van der Waals surface area contributed by atoms with Gasteiger partial charge in [-0.05, 0) is 36.1 Å². The summed E-state index contributed by atoms with van der Waals surface area (Å²) in [6, 6.07) is 11.4. The molecule has 0 atom stereocenters. The van der Waals surface area contributed by atoms with Crippen LogP contribution in [0, 0.1) is 5.82 Å². The van der Waals surface area contributed by atoms with Crippen LogP contribution in [-0.4, -0.2) is 17.3 Å². The second-order valence-electron chi connectivity index (χ2n) is 3.73. The van der Waals surface area contributed by atoms with E-state index >= 15 is 0 Å². The molecular formula is C14H11FO2S. The number of rotatable bonds is 3. The van der Waals surface area contributed by atoms with Crippen LogP contribution in [0.3, 0.4) is 0 Å². The van der Waals surface area contributed by atoms with Crippen molar-refractivity contribution < 1.29 is 14.3 Å². The Bertz CT molecular complexity index is 596. The third-order valence-electron chi connectivity index (χ3n) is 2.60. The second kappa shape index (κ2) is 5.23. The van der Waals surface area contributed by atoms with Gasteiger partial charge in [0, 0.05) is 10.5 Å². The monoisotopic (exact) mass is 262 g/mol. The van der Waals surface area contributed by atoms with Gasteiger partial charge in [0.05, 0.1) is 5.56 Å². The van der Waals surface area contributed by atoms with Crippen molar-refractivity contribution in [2.45, 2.75) is 4.90 Å². The molecule has 2 rings (SSSR count). The number of carboxylic acids is 1. The molecule has 18 heavy (non-hydrogen) atoms. The Kier molecular flexibility index (Phi) is 3.67. The molecule has 0 aliphatic rings. The van der Waals surface area contributed by atoms with E-state index in [0.717, 1.165) is 16.5 Å². The van der Waals surface area contributed by atoms with Crippen LogP contribution in [0.2, 0.25) is 0 Å². The van der Waals surface area contributed by atoms with E-state index in [-0.39, 0.29) is 5.56 Å². The molecule has 2 aromatic rings. The van der Waals surface area contributed by atoms with Crippen LogP contribution >= 0.6 is 11.8 Å². The third-order valence-corrected chi connectivity index (χ3v) is 3.32. The molecule has 0 saturated heterocycles. The first-order valence-electron chi connectivity index (χ1n) is 5.29. The molecular weight excluding hydrogens is 251 g/mol. The van der Waals surface area contributed by atoms with E-state index in [9.17, 15) is 9.18 Å². The van der Waals surface area contributed by atoms with Gasteiger partial charge in [0.15, 0.2) is 0 Å². The van der Waals surface area contributed by atoms with Crippen molar-refractivity contribution in [1.29, 1.82) is 0 Å². The minimum Gasteiger partial charge on any atom is -0.478 e. The van der Waals surface area contributed by atoms with Gasteiger partial charge in [-0.25, -0.2) is 9.18 Å². The molecule has 2 aromatic carbocycles. The normalized spacial score (nSPS) is 10.3. The highest BCUT2D eigenvalue weighted by Gasteiger charge is 2.10. The van der Waals surface area contributed by atoms with Gasteiger partial charge in [-0.1, -0.05) is 18.2 Å². The Labute approximate surface area is 108 Å². The van der Waals surface area contributed by atoms with Gasteiger partial charge in [0.1, 0.15) is 5.82 Å². The lowest BCUT2D eigenvalue weighted by atomic mass is 10.0. The molecule has 0 aliphatic heterocycles. The summed E-state index contributed by atoms with van der Waals surface area (Å²) in [5.74, 6) is -1.65. The second-order valence-corrected chi connectivity index (χ2v) is 4.61. The highest BCUT2D eigenvalue weighted by atomic mass is 32.2. The molecule has 1 N–H and O–H groups in total. The van der Waals surface area contributed by atoms with Crippen LogP contribution in [0.5, 0.6) is 0 Å². The Hall–Kier alpha value is -1.81. The van der Waals surface area contributed by atoms with E-state index in [0.29, 0.717) is 5.56 Å². The number of hydrogen-bond donors (Lipinski definition) is 1. The van der Waals surface area contributed by atoms with Crippen molar-refractivity contribution in [2.24, 2.45) is 0 Å². The van der Waals surface area contributed by atoms with E-state index in [1.54, 1.807) is 17.8 Å². The Morgan fingerprint density at radius 1 is 1.22 bits per heavy atom. The van der Waals surface area contributed by atoms with Gasteiger partial charge in [-0.3, -0.25) is 0 Å². The van der Waals surface area contributed by atoms with Gasteiger partial charge < -0.3 is 5.11 Å². The van der Waals surface area contributed by atoms with Crippen molar-refractivity contribution >= 4 is 17.7 Å². The zero-order chi connectivity index (χ0) is 13.1. The fraction of sp³-hybridized carbons (Fsp3) is 0.0714. The molecule has 0 aliphatic carbocycles. The fourth-order valence-corrected chi connectivity index (χ4v) is 2.13. The summed E-state index contributed by atoms with van der Waals surface area (Å²) in [7, 11) is 0. The molecule has 0 radical (unpaired) electrons. The van der Waals surface area contributed by atoms with Crippen LogP contribution in [0.15, 0.2) is 47.4 Å². The molecule has 0 fully saturated rings. The Morgan fingerprint density at radius 2 is 2.00 bits per heavy atom. The quantitative estimate of drug-likeness (QED) is 0.852. The van der Waals surface area contributed by atoms with E-state index in [2.05, 4.69) is 0 Å². The van der Waals surface area contributed by atoms with Crippen molar-refractivity contribution in [1.82, 2.24) is 0 Å². The van der Waals surface area contributed by atoms with Crippen LogP contribution in [0.25, 0.3) is 11.1 Å². The molecule has 0 unspecified atom stereocenters. The maximum absolute atomic E-state index is 13.9. The Balaban J connectivity index is 2.47. The molecule has 2 nitrogen and oxygen atoms in total. The molecule has 92 valence electrons. The smallest absolute Gasteiger partial charge is 0.335 e. The van der Waals surface area contributed by atoms with Gasteiger partial charge in [-0.2, -0.15) is 0 Å². The predicted octanol–water partition coefficient (Wildman–Crippen LogP) is 3.91. The van der Waals surface area contributed by atoms with Crippen molar-refractivity contribution in [3.05, 3.63) is 53.8 Å². The largest absolute Gasteiger partial charge is 0.478 e. The average Bonchev–Trinajstić information content (AvgIpc) is 2.38. The van der Waals surface area contributed by atoms with Gasteiger partial charge in [0.2, 0.25) is 0 Å². The molecule has 0 amide bonds. The number of carboxylic acid groups (broad SMARTS) is 1. The van der Waals surface area contributed by atoms with Crippen LogP contribution in [0.1, 0.15) is 10.4 Å². The standard InChI is InChI=1S/C14H11FO2S/c1-18-11-4-2-3-9(7-11)12-6-5-10(14(16)17)8-13(12)15/h2-8H,1H3,(H,16,17). The number of benzene rings is 2. The molecule has 0 spiro atoms. The number of halogens is 1. The number of thioether (sulfide) groups is 1. The van der Waals surface area contributed by atoms with Crippen molar-refractivity contribution in [3.8, 4) is 11.1 Å². The third kappa shape index (κ3) is 2.54. The lowest BCUT2D eigenvalue weighted by molar-refractivity contribution is 0.0696. The van der Waals surface area contributed by atoms with Crippen molar-refractivity contribution in [2.75, 3.05) is 6.26 Å². The maximum atomic E-state index is 13.9. The van der Waals surface area contributed by atoms with E-state index < -0.39 is 11.8 Å². The molecule has 0 bridgehead atoms. The lowest BCUT2D eigenvalue weighted by Crippen LogP contribution is -1.97. The first-order valence-corrected chi connectivity index (χ1v) is 6.51. The predicted molar refractivity (Wildman–Crippen MR) is 70.6 cm³/mol. The molecule has 4 heteroatoms. The Morgan fingerprint density at radius 3 is 2.61 bits per heavy atom. The number of carbonyl (C=O) groups is 1. The number of aromatic carboxylic acids is 1. The SMILES string of the molecule is CSc1cccc(-c2ccc(C(=O)O)cc2F)c1. The summed E-state index contributed by atoms with van der Waals surface area (Å²) in [4.78, 5) is 11.8. The van der Waals surface area contributed by atoms with Crippen LogP contribution in [0.4, 0.5) is 4.39 Å². The minimum absolute atomic E-state index is 0.0442. The zero-order valence-corrected chi connectivity index (χ0v) is 10.5. The summed E-state index contributed by atoms with van der Waals surface area (Å²) >= 11 is 1.57. The maximum Gasteiger partial charge on any atom is 0.335 e. The zero-order valence-electron chi connectivity index (χ0n) is 9.68. The first kappa shape index (κ1) is 12.6. The average molecular weight is 262 g/mol. The fourth-order valence-electron chi connectivity index (χ4n) is 1.67. The van der Waals surface area contributed by atoms with Crippen LogP contribution in [-0.2, 0) is 0 Å². The minimum atomic E-state index is -1.13. The molecule has 0 aromatic heterocycles. The van der Waals surface area contributed by atoms with E-state index in [1.165, 1.54) is 12.1 Å². The summed E-state index contributed by atoms with van der Waals surface area (Å²) in [6.45, 7) is 0. The van der Waals surface area contributed by atoms with Crippen LogP contribution < -0.4 is 0 Å². The van der Waals surface area contributed by atoms with E-state index in [4.69, 9.17) is 5.11 Å². The summed E-state index contributed by atoms with van der Waals surface area (Å²) < 4.78 is 13.9. The molecule has 0 saturated carbocycles. The summed E-state index contributed by atoms with van der Waals surface area (Å²) in [6.07, 6.45) is 1.95. The van der Waals surface area contributed by atoms with Gasteiger partial charge in [-0.15, -0.1) is 11.8 Å². The van der Waals surface area contributed by atoms with Gasteiger partial charge in [0.25, 0.3) is 0 Å². The topological polar surface area (TPSA) is 37.3 Å². The molecule has 0 heterocycles. The highest BCUT2D eigenvalue weighted by molar-refractivity contribution is 7.98. The van der Waals surface area contributed by atoms with Gasteiger partial charge >= 0.3 is 5.97 Å². The van der Waals surface area contributed by atoms with Crippen molar-refractivity contribution in [3.63, 3.8) is 0 Å². The summed E-state index contributed by atoms with van der Waals surface area (Å²) in [5.41, 5.74) is 1.12.